The number of rotatable bonds is 4. The van der Waals surface area contributed by atoms with Crippen LogP contribution in [0, 0.1) is 0 Å². The lowest BCUT2D eigenvalue weighted by atomic mass is 10.2. The van der Waals surface area contributed by atoms with E-state index in [1.807, 2.05) is 53.7 Å². The van der Waals surface area contributed by atoms with Gasteiger partial charge in [0.05, 0.1) is 22.9 Å². The maximum absolute atomic E-state index is 12.5. The molecule has 27 heavy (non-hydrogen) atoms. The van der Waals surface area contributed by atoms with Gasteiger partial charge in [0.25, 0.3) is 0 Å². The number of pyridine rings is 1. The van der Waals surface area contributed by atoms with Crippen molar-refractivity contribution < 1.29 is 4.79 Å². The second-order valence-corrected chi connectivity index (χ2v) is 6.57. The van der Waals surface area contributed by atoms with E-state index in [1.165, 1.54) is 5.56 Å². The Morgan fingerprint density at radius 2 is 1.74 bits per heavy atom. The van der Waals surface area contributed by atoms with Crippen molar-refractivity contribution in [2.45, 2.75) is 6.54 Å². The molecule has 136 valence electrons. The second kappa shape index (κ2) is 8.05. The summed E-state index contributed by atoms with van der Waals surface area (Å²) < 4.78 is 0. The summed E-state index contributed by atoms with van der Waals surface area (Å²) in [5.74, 6) is 0.0218. The number of carbonyl (C=O) groups excluding carboxylic acids is 1. The first-order valence-electron chi connectivity index (χ1n) is 9.08. The highest BCUT2D eigenvalue weighted by Crippen LogP contribution is 2.11. The van der Waals surface area contributed by atoms with Gasteiger partial charge in [-0.15, -0.1) is 0 Å². The third-order valence-electron chi connectivity index (χ3n) is 4.70. The van der Waals surface area contributed by atoms with Crippen molar-refractivity contribution in [1.82, 2.24) is 24.8 Å². The van der Waals surface area contributed by atoms with Crippen molar-refractivity contribution >= 4 is 23.0 Å². The normalized spacial score (nSPS) is 15.5. The molecule has 4 rings (SSSR count). The maximum atomic E-state index is 12.5. The Balaban J connectivity index is 1.32. The molecule has 0 radical (unpaired) electrons. The molecule has 0 saturated carbocycles. The van der Waals surface area contributed by atoms with Crippen LogP contribution in [0.2, 0.25) is 0 Å². The lowest BCUT2D eigenvalue weighted by Crippen LogP contribution is -2.47. The van der Waals surface area contributed by atoms with E-state index in [4.69, 9.17) is 0 Å². The molecular formula is C21H21N5O. The molecule has 0 spiro atoms. The highest BCUT2D eigenvalue weighted by atomic mass is 16.2. The average Bonchev–Trinajstić information content (AvgIpc) is 2.73. The van der Waals surface area contributed by atoms with Crippen LogP contribution < -0.4 is 0 Å². The molecule has 2 aromatic heterocycles. The fraction of sp³-hybridized carbons (Fsp3) is 0.238. The predicted molar refractivity (Wildman–Crippen MR) is 105 cm³/mol. The molecular weight excluding hydrogens is 338 g/mol. The first-order chi connectivity index (χ1) is 13.3. The Kier molecular flexibility index (Phi) is 5.16. The van der Waals surface area contributed by atoms with E-state index in [2.05, 4.69) is 19.9 Å². The van der Waals surface area contributed by atoms with Crippen LogP contribution >= 0.6 is 0 Å². The summed E-state index contributed by atoms with van der Waals surface area (Å²) in [7, 11) is 0. The molecule has 1 fully saturated rings. The van der Waals surface area contributed by atoms with Gasteiger partial charge in [-0.3, -0.25) is 19.7 Å². The van der Waals surface area contributed by atoms with Gasteiger partial charge >= 0.3 is 0 Å². The lowest BCUT2D eigenvalue weighted by molar-refractivity contribution is -0.127. The summed E-state index contributed by atoms with van der Waals surface area (Å²) in [4.78, 5) is 29.6. The fourth-order valence-corrected chi connectivity index (χ4v) is 3.19. The zero-order valence-electron chi connectivity index (χ0n) is 15.0. The molecule has 0 unspecified atom stereocenters. The van der Waals surface area contributed by atoms with E-state index in [9.17, 15) is 4.79 Å². The smallest absolute Gasteiger partial charge is 0.246 e. The van der Waals surface area contributed by atoms with Crippen LogP contribution in [-0.4, -0.2) is 56.8 Å². The van der Waals surface area contributed by atoms with Gasteiger partial charge in [-0.05, 0) is 35.9 Å². The number of aromatic nitrogens is 3. The van der Waals surface area contributed by atoms with E-state index in [1.54, 1.807) is 18.3 Å². The third kappa shape index (κ3) is 4.35. The summed E-state index contributed by atoms with van der Waals surface area (Å²) in [6.07, 6.45) is 8.66. The van der Waals surface area contributed by atoms with Crippen molar-refractivity contribution in [2.24, 2.45) is 0 Å². The van der Waals surface area contributed by atoms with Crippen LogP contribution in [0.3, 0.4) is 0 Å². The number of benzene rings is 1. The second-order valence-electron chi connectivity index (χ2n) is 6.57. The van der Waals surface area contributed by atoms with Gasteiger partial charge in [-0.25, -0.2) is 4.98 Å². The number of fused-ring (bicyclic) bond motifs is 1. The van der Waals surface area contributed by atoms with Crippen LogP contribution in [0.4, 0.5) is 0 Å². The Morgan fingerprint density at radius 3 is 2.52 bits per heavy atom. The first-order valence-corrected chi connectivity index (χ1v) is 9.08. The van der Waals surface area contributed by atoms with E-state index in [0.29, 0.717) is 5.69 Å². The largest absolute Gasteiger partial charge is 0.337 e. The molecule has 1 saturated heterocycles. The SMILES string of the molecule is O=C(/C=C/c1cnc2ccccc2n1)N1CCN(Cc2ccncc2)CC1. The van der Waals surface area contributed by atoms with Gasteiger partial charge in [-0.2, -0.15) is 0 Å². The molecule has 6 heteroatoms. The number of nitrogens with zero attached hydrogens (tertiary/aromatic N) is 5. The molecule has 6 nitrogen and oxygen atoms in total. The van der Waals surface area contributed by atoms with Crippen LogP contribution in [-0.2, 0) is 11.3 Å². The van der Waals surface area contributed by atoms with Crippen LogP contribution in [0.15, 0.2) is 61.1 Å². The van der Waals surface area contributed by atoms with Gasteiger partial charge in [0.15, 0.2) is 0 Å². The molecule has 0 aliphatic carbocycles. The summed E-state index contributed by atoms with van der Waals surface area (Å²) >= 11 is 0. The number of hydrogen-bond donors (Lipinski definition) is 0. The van der Waals surface area contributed by atoms with E-state index in [0.717, 1.165) is 43.8 Å². The van der Waals surface area contributed by atoms with Crippen LogP contribution in [0.1, 0.15) is 11.3 Å². The fourth-order valence-electron chi connectivity index (χ4n) is 3.19. The van der Waals surface area contributed by atoms with Gasteiger partial charge in [0, 0.05) is 51.2 Å². The van der Waals surface area contributed by atoms with Crippen LogP contribution in [0.25, 0.3) is 17.1 Å². The molecule has 3 aromatic rings. The quantitative estimate of drug-likeness (QED) is 0.670. The Bertz CT molecular complexity index is 949. The highest BCUT2D eigenvalue weighted by Gasteiger charge is 2.19. The van der Waals surface area contributed by atoms with Gasteiger partial charge in [0.1, 0.15) is 0 Å². The molecule has 0 N–H and O–H groups in total. The average molecular weight is 359 g/mol. The molecule has 3 heterocycles. The monoisotopic (exact) mass is 359 g/mol. The van der Waals surface area contributed by atoms with E-state index >= 15 is 0 Å². The highest BCUT2D eigenvalue weighted by molar-refractivity contribution is 5.91. The number of carbonyl (C=O) groups is 1. The van der Waals surface area contributed by atoms with E-state index in [-0.39, 0.29) is 5.91 Å². The Morgan fingerprint density at radius 1 is 1.00 bits per heavy atom. The summed E-state index contributed by atoms with van der Waals surface area (Å²) in [5, 5.41) is 0. The summed E-state index contributed by atoms with van der Waals surface area (Å²) in [5.41, 5.74) is 3.63. The summed E-state index contributed by atoms with van der Waals surface area (Å²) in [6.45, 7) is 4.11. The molecule has 1 aliphatic rings. The van der Waals surface area contributed by atoms with Gasteiger partial charge in [-0.1, -0.05) is 12.1 Å². The van der Waals surface area contributed by atoms with Crippen molar-refractivity contribution in [2.75, 3.05) is 26.2 Å². The first kappa shape index (κ1) is 17.3. The molecule has 0 bridgehead atoms. The van der Waals surface area contributed by atoms with Crippen molar-refractivity contribution in [3.63, 3.8) is 0 Å². The van der Waals surface area contributed by atoms with Crippen LogP contribution in [0.5, 0.6) is 0 Å². The molecule has 1 aromatic carbocycles. The number of para-hydroxylation sites is 2. The minimum Gasteiger partial charge on any atom is -0.337 e. The Hall–Kier alpha value is -3.12. The van der Waals surface area contributed by atoms with Gasteiger partial charge in [0.2, 0.25) is 5.91 Å². The molecule has 1 aliphatic heterocycles. The van der Waals surface area contributed by atoms with Crippen molar-refractivity contribution in [1.29, 1.82) is 0 Å². The zero-order chi connectivity index (χ0) is 18.5. The van der Waals surface area contributed by atoms with Crippen molar-refractivity contribution in [3.8, 4) is 0 Å². The number of hydrogen-bond acceptors (Lipinski definition) is 5. The molecule has 0 atom stereocenters. The topological polar surface area (TPSA) is 62.2 Å². The zero-order valence-corrected chi connectivity index (χ0v) is 15.0. The van der Waals surface area contributed by atoms with Gasteiger partial charge < -0.3 is 4.90 Å². The number of amides is 1. The minimum absolute atomic E-state index is 0.0218. The van der Waals surface area contributed by atoms with E-state index < -0.39 is 0 Å². The standard InChI is InChI=1S/C21H21N5O/c27-21(6-5-18-15-23-19-3-1-2-4-20(19)24-18)26-13-11-25(12-14-26)16-17-7-9-22-10-8-17/h1-10,15H,11-14,16H2/b6-5+. The molecule has 1 amide bonds. The summed E-state index contributed by atoms with van der Waals surface area (Å²) in [6, 6.07) is 11.8. The lowest BCUT2D eigenvalue weighted by Gasteiger charge is -2.34. The van der Waals surface area contributed by atoms with Crippen molar-refractivity contribution in [3.05, 3.63) is 72.3 Å². The number of piperazine rings is 1. The minimum atomic E-state index is 0.0218. The third-order valence-corrected chi connectivity index (χ3v) is 4.70. The Labute approximate surface area is 158 Å². The maximum Gasteiger partial charge on any atom is 0.246 e. The predicted octanol–water partition coefficient (Wildman–Crippen LogP) is 2.38.